The van der Waals surface area contributed by atoms with Gasteiger partial charge in [0.05, 0.1) is 6.61 Å². The number of hydrogen-bond acceptors (Lipinski definition) is 3. The van der Waals surface area contributed by atoms with E-state index in [2.05, 4.69) is 50.4 Å². The number of carbonyl (C=O) groups is 1. The second-order valence-electron chi connectivity index (χ2n) is 8.99. The summed E-state index contributed by atoms with van der Waals surface area (Å²) in [4.78, 5) is 11.9. The highest BCUT2D eigenvalue weighted by Gasteiger charge is 2.29. The molecule has 1 unspecified atom stereocenters. The van der Waals surface area contributed by atoms with Gasteiger partial charge in [0, 0.05) is 12.0 Å². The lowest BCUT2D eigenvalue weighted by Gasteiger charge is -2.32. The van der Waals surface area contributed by atoms with E-state index in [0.717, 1.165) is 12.0 Å². The molecule has 0 aromatic heterocycles. The van der Waals surface area contributed by atoms with Crippen molar-refractivity contribution >= 4 is 6.09 Å². The molecule has 25 heavy (non-hydrogen) atoms. The quantitative estimate of drug-likeness (QED) is 0.798. The van der Waals surface area contributed by atoms with Crippen LogP contribution < -0.4 is 5.32 Å². The molecule has 1 rings (SSSR count). The van der Waals surface area contributed by atoms with E-state index in [1.54, 1.807) is 0 Å². The fourth-order valence-electron chi connectivity index (χ4n) is 2.67. The molecule has 1 atom stereocenters. The van der Waals surface area contributed by atoms with Gasteiger partial charge in [-0.2, -0.15) is 0 Å². The number of ether oxygens (including phenoxy) is 1. The topological polar surface area (TPSA) is 58.6 Å². The van der Waals surface area contributed by atoms with Crippen molar-refractivity contribution in [3.8, 4) is 0 Å². The fourth-order valence-corrected chi connectivity index (χ4v) is 2.67. The first-order valence-electron chi connectivity index (χ1n) is 9.08. The van der Waals surface area contributed by atoms with E-state index in [1.165, 1.54) is 5.56 Å². The van der Waals surface area contributed by atoms with Gasteiger partial charge in [-0.1, -0.05) is 52.0 Å². The first-order valence-corrected chi connectivity index (χ1v) is 9.08. The standard InChI is InChI=1S/C21H35NO3/c1-8-21(15-23,14-22-18(24)25-20(5,6)7)13-16-9-11-17(12-10-16)19(2,3)4/h9-12,23H,8,13-15H2,1-7H3,(H,22,24). The molecule has 0 heterocycles. The Morgan fingerprint density at radius 1 is 1.08 bits per heavy atom. The molecule has 1 amide bonds. The second kappa shape index (κ2) is 8.22. The van der Waals surface area contributed by atoms with Crippen molar-refractivity contribution in [2.24, 2.45) is 5.41 Å². The van der Waals surface area contributed by atoms with E-state index in [9.17, 15) is 9.90 Å². The fraction of sp³-hybridized carbons (Fsp3) is 0.667. The molecule has 4 nitrogen and oxygen atoms in total. The molecule has 0 saturated heterocycles. The van der Waals surface area contributed by atoms with Crippen molar-refractivity contribution in [2.75, 3.05) is 13.2 Å². The third-order valence-electron chi connectivity index (χ3n) is 4.49. The Kier molecular flexibility index (Phi) is 7.07. The van der Waals surface area contributed by atoms with Gasteiger partial charge in [0.1, 0.15) is 5.60 Å². The van der Waals surface area contributed by atoms with Gasteiger partial charge in [-0.15, -0.1) is 0 Å². The third-order valence-corrected chi connectivity index (χ3v) is 4.49. The summed E-state index contributed by atoms with van der Waals surface area (Å²) in [6.45, 7) is 14.5. The van der Waals surface area contributed by atoms with E-state index in [0.29, 0.717) is 13.0 Å². The zero-order valence-corrected chi connectivity index (χ0v) is 16.9. The zero-order chi connectivity index (χ0) is 19.3. The summed E-state index contributed by atoms with van der Waals surface area (Å²) in [5.74, 6) is 0. The Hall–Kier alpha value is -1.55. The van der Waals surface area contributed by atoms with Gasteiger partial charge in [-0.25, -0.2) is 4.79 Å². The van der Waals surface area contributed by atoms with Crippen LogP contribution in [0.4, 0.5) is 4.79 Å². The van der Waals surface area contributed by atoms with Crippen LogP contribution in [0.25, 0.3) is 0 Å². The summed E-state index contributed by atoms with van der Waals surface area (Å²) in [5, 5.41) is 12.8. The van der Waals surface area contributed by atoms with Gasteiger partial charge >= 0.3 is 6.09 Å². The maximum absolute atomic E-state index is 11.9. The molecule has 0 saturated carbocycles. The smallest absolute Gasteiger partial charge is 0.407 e. The molecule has 0 bridgehead atoms. The van der Waals surface area contributed by atoms with Crippen molar-refractivity contribution in [2.45, 2.75) is 72.3 Å². The minimum Gasteiger partial charge on any atom is -0.444 e. The van der Waals surface area contributed by atoms with Crippen molar-refractivity contribution in [1.29, 1.82) is 0 Å². The monoisotopic (exact) mass is 349 g/mol. The minimum atomic E-state index is -0.527. The van der Waals surface area contributed by atoms with Gasteiger partial charge in [0.2, 0.25) is 0 Å². The van der Waals surface area contributed by atoms with Crippen LogP contribution >= 0.6 is 0 Å². The Morgan fingerprint density at radius 3 is 2.04 bits per heavy atom. The Morgan fingerprint density at radius 2 is 1.64 bits per heavy atom. The maximum Gasteiger partial charge on any atom is 0.407 e. The normalized spacial score (nSPS) is 14.7. The lowest BCUT2D eigenvalue weighted by molar-refractivity contribution is 0.0461. The average Bonchev–Trinajstić information content (AvgIpc) is 2.49. The number of nitrogens with one attached hydrogen (secondary N) is 1. The summed E-state index contributed by atoms with van der Waals surface area (Å²) >= 11 is 0. The molecule has 4 heteroatoms. The highest BCUT2D eigenvalue weighted by Crippen LogP contribution is 2.28. The third kappa shape index (κ3) is 7.07. The zero-order valence-electron chi connectivity index (χ0n) is 16.9. The Labute approximate surface area is 153 Å². The summed E-state index contributed by atoms with van der Waals surface area (Å²) in [6.07, 6.45) is 1.03. The summed E-state index contributed by atoms with van der Waals surface area (Å²) < 4.78 is 5.29. The molecule has 0 spiro atoms. The molecule has 142 valence electrons. The van der Waals surface area contributed by atoms with E-state index in [-0.39, 0.29) is 17.4 Å². The average molecular weight is 350 g/mol. The number of aliphatic hydroxyl groups excluding tert-OH is 1. The van der Waals surface area contributed by atoms with Crippen LogP contribution in [0.5, 0.6) is 0 Å². The lowest BCUT2D eigenvalue weighted by Crippen LogP contribution is -2.43. The van der Waals surface area contributed by atoms with Crippen LogP contribution in [0.3, 0.4) is 0 Å². The van der Waals surface area contributed by atoms with Crippen LogP contribution in [-0.2, 0) is 16.6 Å². The van der Waals surface area contributed by atoms with Crippen molar-refractivity contribution < 1.29 is 14.6 Å². The number of aliphatic hydroxyl groups is 1. The van der Waals surface area contributed by atoms with Crippen LogP contribution in [0.15, 0.2) is 24.3 Å². The predicted octanol–water partition coefficient (Wildman–Crippen LogP) is 4.44. The SMILES string of the molecule is CCC(CO)(CNC(=O)OC(C)(C)C)Cc1ccc(C(C)(C)C)cc1. The molecule has 0 radical (unpaired) electrons. The first-order chi connectivity index (χ1) is 11.4. The number of hydrogen-bond donors (Lipinski definition) is 2. The largest absolute Gasteiger partial charge is 0.444 e. The summed E-state index contributed by atoms with van der Waals surface area (Å²) in [6, 6.07) is 8.53. The molecule has 1 aromatic rings. The lowest BCUT2D eigenvalue weighted by atomic mass is 9.79. The molecule has 0 aliphatic rings. The number of benzene rings is 1. The highest BCUT2D eigenvalue weighted by atomic mass is 16.6. The van der Waals surface area contributed by atoms with E-state index in [1.807, 2.05) is 27.7 Å². The first kappa shape index (κ1) is 21.5. The summed E-state index contributed by atoms with van der Waals surface area (Å²) in [7, 11) is 0. The van der Waals surface area contributed by atoms with Gasteiger partial charge in [0.15, 0.2) is 0 Å². The minimum absolute atomic E-state index is 0.0142. The van der Waals surface area contributed by atoms with Crippen LogP contribution in [0.1, 0.15) is 66.0 Å². The maximum atomic E-state index is 11.9. The molecule has 2 N–H and O–H groups in total. The predicted molar refractivity (Wildman–Crippen MR) is 103 cm³/mol. The molecule has 0 aliphatic carbocycles. The molecule has 0 fully saturated rings. The Bertz CT molecular complexity index is 546. The van der Waals surface area contributed by atoms with Crippen molar-refractivity contribution in [1.82, 2.24) is 5.32 Å². The number of alkyl carbamates (subject to hydrolysis) is 1. The molecular weight excluding hydrogens is 314 g/mol. The number of carbonyl (C=O) groups excluding carboxylic acids is 1. The van der Waals surface area contributed by atoms with Gasteiger partial charge in [-0.05, 0) is 50.2 Å². The van der Waals surface area contributed by atoms with Crippen LogP contribution in [-0.4, -0.2) is 30.0 Å². The van der Waals surface area contributed by atoms with E-state index in [4.69, 9.17) is 4.74 Å². The van der Waals surface area contributed by atoms with Gasteiger partial charge < -0.3 is 15.2 Å². The molecule has 0 aliphatic heterocycles. The number of amides is 1. The van der Waals surface area contributed by atoms with Crippen LogP contribution in [0, 0.1) is 5.41 Å². The molecular formula is C21H35NO3. The van der Waals surface area contributed by atoms with Crippen LogP contribution in [0.2, 0.25) is 0 Å². The summed E-state index contributed by atoms with van der Waals surface area (Å²) in [5.41, 5.74) is 1.65. The molecule has 1 aromatic carbocycles. The van der Waals surface area contributed by atoms with Crippen molar-refractivity contribution in [3.05, 3.63) is 35.4 Å². The van der Waals surface area contributed by atoms with E-state index >= 15 is 0 Å². The number of rotatable bonds is 6. The van der Waals surface area contributed by atoms with Crippen molar-refractivity contribution in [3.63, 3.8) is 0 Å². The second-order valence-corrected chi connectivity index (χ2v) is 8.99. The Balaban J connectivity index is 2.79. The van der Waals surface area contributed by atoms with Gasteiger partial charge in [-0.3, -0.25) is 0 Å². The highest BCUT2D eigenvalue weighted by molar-refractivity contribution is 5.67. The van der Waals surface area contributed by atoms with E-state index < -0.39 is 11.7 Å². The van der Waals surface area contributed by atoms with Gasteiger partial charge in [0.25, 0.3) is 0 Å².